The fourth-order valence-corrected chi connectivity index (χ4v) is 3.12. The molecule has 0 bridgehead atoms. The van der Waals surface area contributed by atoms with Gasteiger partial charge in [0.05, 0.1) is 26.3 Å². The molecule has 1 aliphatic rings. The summed E-state index contributed by atoms with van der Waals surface area (Å²) in [6.45, 7) is 0.540. The smallest absolute Gasteiger partial charge is 0.433 e. The molecule has 0 N–H and O–H groups in total. The third-order valence-electron chi connectivity index (χ3n) is 4.29. The largest absolute Gasteiger partial charge is 0.497 e. The van der Waals surface area contributed by atoms with Gasteiger partial charge in [0.15, 0.2) is 5.76 Å². The zero-order chi connectivity index (χ0) is 18.0. The molecule has 1 atom stereocenters. The van der Waals surface area contributed by atoms with E-state index in [4.69, 9.17) is 13.9 Å². The van der Waals surface area contributed by atoms with Gasteiger partial charge in [-0.2, -0.15) is 0 Å². The highest BCUT2D eigenvalue weighted by Gasteiger charge is 2.34. The second kappa shape index (κ2) is 6.84. The van der Waals surface area contributed by atoms with Gasteiger partial charge in [0.2, 0.25) is 0 Å². The Balaban J connectivity index is 1.92. The van der Waals surface area contributed by atoms with Crippen molar-refractivity contribution in [1.29, 1.82) is 0 Å². The Morgan fingerprint density at radius 2 is 2.08 bits per heavy atom. The van der Waals surface area contributed by atoms with E-state index in [1.165, 1.54) is 12.1 Å². The number of hydrogen-bond acceptors (Lipinski definition) is 6. The fourth-order valence-electron chi connectivity index (χ4n) is 3.12. The van der Waals surface area contributed by atoms with E-state index in [9.17, 15) is 14.9 Å². The lowest BCUT2D eigenvalue weighted by molar-refractivity contribution is -0.402. The number of carbonyl (C=O) groups excluding carboxylic acids is 1. The zero-order valence-corrected chi connectivity index (χ0v) is 13.9. The summed E-state index contributed by atoms with van der Waals surface area (Å²) < 4.78 is 15.8. The molecule has 132 valence electrons. The summed E-state index contributed by atoms with van der Waals surface area (Å²) in [6, 6.07) is 7.75. The molecule has 1 amide bonds. The summed E-state index contributed by atoms with van der Waals surface area (Å²) in [5.74, 6) is 0.471. The summed E-state index contributed by atoms with van der Waals surface area (Å²) in [5.41, 5.74) is 0.841. The van der Waals surface area contributed by atoms with Gasteiger partial charge >= 0.3 is 5.88 Å². The van der Waals surface area contributed by atoms with E-state index in [-0.39, 0.29) is 17.7 Å². The van der Waals surface area contributed by atoms with Crippen LogP contribution in [0.3, 0.4) is 0 Å². The first-order valence-electron chi connectivity index (χ1n) is 7.82. The number of rotatable bonds is 5. The Bertz CT molecular complexity index is 800. The maximum Gasteiger partial charge on any atom is 0.433 e. The average molecular weight is 346 g/mol. The first-order chi connectivity index (χ1) is 12.0. The molecule has 2 aromatic rings. The molecule has 8 nitrogen and oxygen atoms in total. The molecule has 1 fully saturated rings. The number of nitrogens with zero attached hydrogens (tertiary/aromatic N) is 2. The highest BCUT2D eigenvalue weighted by Crippen LogP contribution is 2.39. The number of methoxy groups -OCH3 is 2. The number of ether oxygens (including phenoxy) is 2. The van der Waals surface area contributed by atoms with Gasteiger partial charge in [0, 0.05) is 12.1 Å². The van der Waals surface area contributed by atoms with Gasteiger partial charge in [0.1, 0.15) is 16.4 Å². The van der Waals surface area contributed by atoms with Crippen molar-refractivity contribution in [2.75, 3.05) is 20.8 Å². The number of likely N-dealkylation sites (tertiary alicyclic amines) is 1. The van der Waals surface area contributed by atoms with Crippen LogP contribution in [0.5, 0.6) is 11.5 Å². The Morgan fingerprint density at radius 1 is 1.28 bits per heavy atom. The Kier molecular flexibility index (Phi) is 4.60. The minimum Gasteiger partial charge on any atom is -0.497 e. The van der Waals surface area contributed by atoms with Gasteiger partial charge in [0.25, 0.3) is 5.91 Å². The van der Waals surface area contributed by atoms with Gasteiger partial charge in [-0.05, 0) is 37.1 Å². The second-order valence-electron chi connectivity index (χ2n) is 5.66. The topological polar surface area (TPSA) is 95.0 Å². The van der Waals surface area contributed by atoms with Crippen LogP contribution in [0, 0.1) is 10.1 Å². The molecular weight excluding hydrogens is 328 g/mol. The monoisotopic (exact) mass is 346 g/mol. The maximum absolute atomic E-state index is 12.8. The van der Waals surface area contributed by atoms with E-state index in [1.807, 2.05) is 6.07 Å². The molecule has 0 aliphatic carbocycles. The van der Waals surface area contributed by atoms with Crippen LogP contribution in [0.15, 0.2) is 34.7 Å². The van der Waals surface area contributed by atoms with E-state index in [2.05, 4.69) is 0 Å². The fraction of sp³-hybridized carbons (Fsp3) is 0.353. The lowest BCUT2D eigenvalue weighted by Gasteiger charge is -2.25. The van der Waals surface area contributed by atoms with E-state index >= 15 is 0 Å². The van der Waals surface area contributed by atoms with Crippen molar-refractivity contribution >= 4 is 11.8 Å². The lowest BCUT2D eigenvalue weighted by Crippen LogP contribution is -2.30. The van der Waals surface area contributed by atoms with E-state index in [0.29, 0.717) is 18.0 Å². The van der Waals surface area contributed by atoms with Crippen molar-refractivity contribution in [3.63, 3.8) is 0 Å². The van der Waals surface area contributed by atoms with Crippen LogP contribution in [0.25, 0.3) is 0 Å². The molecule has 3 rings (SSSR count). The normalized spacial score (nSPS) is 16.7. The number of benzene rings is 1. The maximum atomic E-state index is 12.8. The number of carbonyl (C=O) groups is 1. The van der Waals surface area contributed by atoms with Crippen LogP contribution in [0.4, 0.5) is 5.88 Å². The Hall–Kier alpha value is -3.03. The van der Waals surface area contributed by atoms with Gasteiger partial charge in [-0.1, -0.05) is 0 Å². The standard InChI is InChI=1S/C17H18N2O6/c1-23-11-5-6-14(24-2)12(10-11)13-4-3-9-18(13)17(20)15-7-8-16(25-15)19(21)22/h5-8,10,13H,3-4,9H2,1-2H3. The lowest BCUT2D eigenvalue weighted by atomic mass is 10.0. The number of nitro groups is 1. The molecule has 25 heavy (non-hydrogen) atoms. The molecule has 1 unspecified atom stereocenters. The summed E-state index contributed by atoms with van der Waals surface area (Å²) in [4.78, 5) is 24.5. The van der Waals surface area contributed by atoms with Crippen molar-refractivity contribution in [2.45, 2.75) is 18.9 Å². The summed E-state index contributed by atoms with van der Waals surface area (Å²) in [7, 11) is 3.15. The molecule has 0 saturated carbocycles. The van der Waals surface area contributed by atoms with Gasteiger partial charge in [-0.25, -0.2) is 0 Å². The Morgan fingerprint density at radius 3 is 2.72 bits per heavy atom. The molecule has 1 saturated heterocycles. The molecular formula is C17H18N2O6. The van der Waals surface area contributed by atoms with E-state index in [1.54, 1.807) is 31.3 Å². The molecule has 0 spiro atoms. The predicted octanol–water partition coefficient (Wildman–Crippen LogP) is 3.18. The minimum absolute atomic E-state index is 0.0412. The summed E-state index contributed by atoms with van der Waals surface area (Å²) in [5, 5.41) is 10.8. The van der Waals surface area contributed by atoms with Crippen LogP contribution >= 0.6 is 0 Å². The van der Waals surface area contributed by atoms with Crippen molar-refractivity contribution in [3.05, 3.63) is 51.8 Å². The molecule has 8 heteroatoms. The minimum atomic E-state index is -0.663. The third kappa shape index (κ3) is 3.15. The average Bonchev–Trinajstić information content (AvgIpc) is 3.30. The second-order valence-corrected chi connectivity index (χ2v) is 5.66. The van der Waals surface area contributed by atoms with Gasteiger partial charge in [-0.3, -0.25) is 14.9 Å². The first kappa shape index (κ1) is 16.8. The van der Waals surface area contributed by atoms with Crippen molar-refractivity contribution in [3.8, 4) is 11.5 Å². The molecule has 2 heterocycles. The van der Waals surface area contributed by atoms with Crippen LogP contribution in [0.2, 0.25) is 0 Å². The van der Waals surface area contributed by atoms with Crippen LogP contribution in [-0.2, 0) is 0 Å². The number of furan rings is 1. The molecule has 1 aromatic heterocycles. The van der Waals surface area contributed by atoms with E-state index < -0.39 is 10.8 Å². The molecule has 0 radical (unpaired) electrons. The highest BCUT2D eigenvalue weighted by molar-refractivity contribution is 5.92. The Labute approximate surface area is 144 Å². The van der Waals surface area contributed by atoms with E-state index in [0.717, 1.165) is 18.4 Å². The molecule has 1 aromatic carbocycles. The van der Waals surface area contributed by atoms with Crippen LogP contribution in [-0.4, -0.2) is 36.5 Å². The highest BCUT2D eigenvalue weighted by atomic mass is 16.6. The van der Waals surface area contributed by atoms with Crippen molar-refractivity contribution in [2.24, 2.45) is 0 Å². The van der Waals surface area contributed by atoms with Crippen molar-refractivity contribution < 1.29 is 23.6 Å². The predicted molar refractivity (Wildman–Crippen MR) is 87.9 cm³/mol. The zero-order valence-electron chi connectivity index (χ0n) is 13.9. The third-order valence-corrected chi connectivity index (χ3v) is 4.29. The number of amides is 1. The van der Waals surface area contributed by atoms with Crippen molar-refractivity contribution in [1.82, 2.24) is 4.90 Å². The van der Waals surface area contributed by atoms with Crippen LogP contribution in [0.1, 0.15) is 35.0 Å². The number of hydrogen-bond donors (Lipinski definition) is 0. The summed E-state index contributed by atoms with van der Waals surface area (Å²) in [6.07, 6.45) is 1.58. The quantitative estimate of drug-likeness (QED) is 0.609. The van der Waals surface area contributed by atoms with Gasteiger partial charge in [-0.15, -0.1) is 0 Å². The molecule has 1 aliphatic heterocycles. The SMILES string of the molecule is COc1ccc(OC)c(C2CCCN2C(=O)c2ccc([N+](=O)[O-])o2)c1. The van der Waals surface area contributed by atoms with Gasteiger partial charge < -0.3 is 18.8 Å². The summed E-state index contributed by atoms with van der Waals surface area (Å²) >= 11 is 0. The first-order valence-corrected chi connectivity index (χ1v) is 7.82. The van der Waals surface area contributed by atoms with Crippen LogP contribution < -0.4 is 9.47 Å².